The van der Waals surface area contributed by atoms with E-state index in [4.69, 9.17) is 0 Å². The Morgan fingerprint density at radius 1 is 1.29 bits per heavy atom. The number of carbonyl (C=O) groups is 1. The van der Waals surface area contributed by atoms with Crippen molar-refractivity contribution in [2.24, 2.45) is 4.99 Å². The number of rotatable bonds is 6. The van der Waals surface area contributed by atoms with Gasteiger partial charge in [0.15, 0.2) is 0 Å². The third kappa shape index (κ3) is 6.17. The number of aliphatic imine (C=N–C) groups is 1. The molecule has 1 N–H and O–H groups in total. The largest absolute Gasteiger partial charge is 0.411 e. The van der Waals surface area contributed by atoms with E-state index in [-0.39, 0.29) is 6.61 Å². The number of benzene rings is 1. The Labute approximate surface area is 136 Å². The lowest BCUT2D eigenvalue weighted by molar-refractivity contribution is -0.176. The molecule has 0 aliphatic carbocycles. The van der Waals surface area contributed by atoms with Gasteiger partial charge in [-0.2, -0.15) is 13.2 Å². The molecule has 2 rings (SSSR count). The van der Waals surface area contributed by atoms with Crippen molar-refractivity contribution < 1.29 is 22.7 Å². The normalized spacial score (nSPS) is 11.6. The van der Waals surface area contributed by atoms with Crippen LogP contribution in [0.2, 0.25) is 0 Å². The number of amides is 1. The molecule has 0 atom stereocenters. The van der Waals surface area contributed by atoms with Gasteiger partial charge in [0.05, 0.1) is 24.8 Å². The highest BCUT2D eigenvalue weighted by atomic mass is 19.4. The summed E-state index contributed by atoms with van der Waals surface area (Å²) in [6.07, 6.45) is -0.0187. The van der Waals surface area contributed by atoms with E-state index in [9.17, 15) is 18.0 Å². The molecule has 0 radical (unpaired) electrons. The molecule has 0 aliphatic rings. The van der Waals surface area contributed by atoms with E-state index in [1.54, 1.807) is 36.5 Å². The molecule has 1 aromatic carbocycles. The predicted octanol–water partition coefficient (Wildman–Crippen LogP) is 3.25. The molecule has 0 spiro atoms. The smallest absolute Gasteiger partial charge is 0.367 e. The highest BCUT2D eigenvalue weighted by Crippen LogP contribution is 2.16. The van der Waals surface area contributed by atoms with E-state index in [1.807, 2.05) is 0 Å². The lowest BCUT2D eigenvalue weighted by Gasteiger charge is -2.08. The number of nitrogens with zero attached hydrogens (tertiary/aromatic N) is 2. The van der Waals surface area contributed by atoms with Gasteiger partial charge in [-0.3, -0.25) is 9.78 Å². The monoisotopic (exact) mass is 337 g/mol. The number of carbonyl (C=O) groups excluding carboxylic acids is 1. The summed E-state index contributed by atoms with van der Waals surface area (Å²) in [5.74, 6) is -0.430. The molecule has 1 amide bonds. The van der Waals surface area contributed by atoms with Crippen molar-refractivity contribution in [1.29, 1.82) is 0 Å². The maximum atomic E-state index is 12.0. The number of nitrogens with one attached hydrogen (secondary N) is 1. The molecule has 24 heavy (non-hydrogen) atoms. The van der Waals surface area contributed by atoms with Crippen LogP contribution in [0, 0.1) is 0 Å². The second-order valence-electron chi connectivity index (χ2n) is 4.75. The topological polar surface area (TPSA) is 63.6 Å². The average molecular weight is 337 g/mol. The van der Waals surface area contributed by atoms with Crippen molar-refractivity contribution in [3.63, 3.8) is 0 Å². The van der Waals surface area contributed by atoms with E-state index in [1.165, 1.54) is 18.6 Å². The van der Waals surface area contributed by atoms with Crippen LogP contribution >= 0.6 is 0 Å². The van der Waals surface area contributed by atoms with Crippen LogP contribution in [-0.4, -0.2) is 30.0 Å². The van der Waals surface area contributed by atoms with Crippen LogP contribution < -0.4 is 5.32 Å². The Bertz CT molecular complexity index is 703. The third-order valence-electron chi connectivity index (χ3n) is 2.78. The summed E-state index contributed by atoms with van der Waals surface area (Å²) >= 11 is 0. The number of hydrogen-bond acceptors (Lipinski definition) is 4. The van der Waals surface area contributed by atoms with Gasteiger partial charge in [-0.1, -0.05) is 12.1 Å². The summed E-state index contributed by atoms with van der Waals surface area (Å²) in [6.45, 7) is -1.56. The van der Waals surface area contributed by atoms with Gasteiger partial charge in [-0.15, -0.1) is 0 Å². The Hall–Kier alpha value is -2.74. The second kappa shape index (κ2) is 8.21. The molecular formula is C16H14F3N3O2. The fourth-order valence-electron chi connectivity index (χ4n) is 1.77. The number of hydrogen-bond donors (Lipinski definition) is 1. The summed E-state index contributed by atoms with van der Waals surface area (Å²) in [5, 5.41) is 2.48. The fourth-order valence-corrected chi connectivity index (χ4v) is 1.77. The first-order valence-electron chi connectivity index (χ1n) is 6.91. The quantitative estimate of drug-likeness (QED) is 0.650. The van der Waals surface area contributed by atoms with Gasteiger partial charge in [0.25, 0.3) is 5.91 Å². The van der Waals surface area contributed by atoms with Crippen molar-refractivity contribution in [1.82, 2.24) is 10.3 Å². The number of halogens is 3. The van der Waals surface area contributed by atoms with Gasteiger partial charge in [0.1, 0.15) is 6.61 Å². The predicted molar refractivity (Wildman–Crippen MR) is 82.0 cm³/mol. The minimum absolute atomic E-state index is 0.232. The molecular weight excluding hydrogens is 323 g/mol. The van der Waals surface area contributed by atoms with Gasteiger partial charge >= 0.3 is 6.18 Å². The Morgan fingerprint density at radius 3 is 2.83 bits per heavy atom. The zero-order valence-electron chi connectivity index (χ0n) is 12.5. The first kappa shape index (κ1) is 17.6. The molecule has 0 aliphatic heterocycles. The first-order valence-corrected chi connectivity index (χ1v) is 6.91. The maximum absolute atomic E-state index is 12.0. The van der Waals surface area contributed by atoms with Crippen LogP contribution in [0.15, 0.2) is 53.8 Å². The maximum Gasteiger partial charge on any atom is 0.411 e. The van der Waals surface area contributed by atoms with E-state index < -0.39 is 18.7 Å². The van der Waals surface area contributed by atoms with E-state index in [0.29, 0.717) is 16.8 Å². The molecule has 2 aromatic rings. The minimum atomic E-state index is -4.38. The van der Waals surface area contributed by atoms with Crippen molar-refractivity contribution in [2.45, 2.75) is 12.8 Å². The van der Waals surface area contributed by atoms with E-state index in [0.717, 1.165) is 0 Å². The second-order valence-corrected chi connectivity index (χ2v) is 4.75. The Kier molecular flexibility index (Phi) is 6.02. The molecule has 0 saturated carbocycles. The number of pyridine rings is 1. The van der Waals surface area contributed by atoms with Crippen LogP contribution in [-0.2, 0) is 11.3 Å². The zero-order valence-corrected chi connectivity index (χ0v) is 12.5. The van der Waals surface area contributed by atoms with Gasteiger partial charge in [-0.05, 0) is 29.8 Å². The summed E-state index contributed by atoms with van der Waals surface area (Å²) < 4.78 is 40.7. The standard InChI is InChI=1S/C16H14F3N3O2/c17-16(18,19)10-24-9-12-3-1-4-13(7-12)15(23)22-11-21-14-5-2-6-20-8-14/h1-8,11H,9-10H2,(H,21,22,23). The molecule has 5 nitrogen and oxygen atoms in total. The number of aromatic nitrogens is 1. The summed E-state index contributed by atoms with van der Waals surface area (Å²) in [6, 6.07) is 9.58. The Morgan fingerprint density at radius 2 is 2.12 bits per heavy atom. The Balaban J connectivity index is 1.90. The van der Waals surface area contributed by atoms with E-state index in [2.05, 4.69) is 20.0 Å². The lowest BCUT2D eigenvalue weighted by Crippen LogP contribution is -2.21. The molecule has 1 aromatic heterocycles. The average Bonchev–Trinajstić information content (AvgIpc) is 2.55. The summed E-state index contributed by atoms with van der Waals surface area (Å²) in [5.41, 5.74) is 1.34. The van der Waals surface area contributed by atoms with Crippen LogP contribution in [0.25, 0.3) is 0 Å². The minimum Gasteiger partial charge on any atom is -0.367 e. The van der Waals surface area contributed by atoms with Crippen LogP contribution in [0.1, 0.15) is 15.9 Å². The SMILES string of the molecule is O=C(NC=Nc1cccnc1)c1cccc(COCC(F)(F)F)c1. The molecule has 0 bridgehead atoms. The van der Waals surface area contributed by atoms with Crippen molar-refractivity contribution in [3.8, 4) is 0 Å². The molecule has 126 valence electrons. The zero-order chi connectivity index (χ0) is 17.4. The van der Waals surface area contributed by atoms with Gasteiger partial charge in [-0.25, -0.2) is 4.99 Å². The number of alkyl halides is 3. The van der Waals surface area contributed by atoms with Crippen LogP contribution in [0.3, 0.4) is 0 Å². The van der Waals surface area contributed by atoms with Gasteiger partial charge in [0.2, 0.25) is 0 Å². The first-order chi connectivity index (χ1) is 11.4. The summed E-state index contributed by atoms with van der Waals surface area (Å²) in [4.78, 5) is 19.9. The van der Waals surface area contributed by atoms with Crippen LogP contribution in [0.5, 0.6) is 0 Å². The highest BCUT2D eigenvalue weighted by molar-refractivity contribution is 6.00. The molecule has 0 fully saturated rings. The van der Waals surface area contributed by atoms with Crippen LogP contribution in [0.4, 0.5) is 18.9 Å². The summed E-state index contributed by atoms with van der Waals surface area (Å²) in [7, 11) is 0. The lowest BCUT2D eigenvalue weighted by atomic mass is 10.1. The van der Waals surface area contributed by atoms with Crippen molar-refractivity contribution >= 4 is 17.9 Å². The van der Waals surface area contributed by atoms with Crippen molar-refractivity contribution in [3.05, 3.63) is 59.9 Å². The molecule has 0 saturated heterocycles. The molecule has 8 heteroatoms. The third-order valence-corrected chi connectivity index (χ3v) is 2.78. The molecule has 0 unspecified atom stereocenters. The fraction of sp³-hybridized carbons (Fsp3) is 0.188. The van der Waals surface area contributed by atoms with Gasteiger partial charge in [0, 0.05) is 11.8 Å². The van der Waals surface area contributed by atoms with Crippen molar-refractivity contribution in [2.75, 3.05) is 6.61 Å². The highest BCUT2D eigenvalue weighted by Gasteiger charge is 2.27. The number of ether oxygens (including phenoxy) is 1. The molecule has 1 heterocycles. The van der Waals surface area contributed by atoms with Gasteiger partial charge < -0.3 is 10.1 Å². The van der Waals surface area contributed by atoms with E-state index >= 15 is 0 Å².